The first-order valence-corrected chi connectivity index (χ1v) is 6.81. The van der Waals surface area contributed by atoms with Gasteiger partial charge in [-0.3, -0.25) is 4.79 Å². The topological polar surface area (TPSA) is 66.6 Å². The van der Waals surface area contributed by atoms with E-state index in [4.69, 9.17) is 18.0 Å². The molecule has 0 aliphatic carbocycles. The van der Waals surface area contributed by atoms with Crippen molar-refractivity contribution in [1.29, 1.82) is 0 Å². The van der Waals surface area contributed by atoms with Gasteiger partial charge in [0, 0.05) is 6.54 Å². The van der Waals surface area contributed by atoms with Gasteiger partial charge in [0.05, 0.1) is 17.6 Å². The summed E-state index contributed by atoms with van der Waals surface area (Å²) in [7, 11) is 0. The largest absolute Gasteiger partial charge is 0.394 e. The van der Waals surface area contributed by atoms with E-state index in [1.54, 1.807) is 4.90 Å². The molecule has 0 radical (unpaired) electrons. The standard InChI is InChI=1S/C14H18N2O2S/c15-13(19)12(10-5-2-1-3-6-10)14(18)16-8-4-7-11(16)9-17/h1-3,5-6,11-12,17H,4,7-9H2,(H2,15,19). The molecule has 1 fully saturated rings. The molecule has 1 saturated heterocycles. The predicted molar refractivity (Wildman–Crippen MR) is 77.8 cm³/mol. The fraction of sp³-hybridized carbons (Fsp3) is 0.429. The lowest BCUT2D eigenvalue weighted by molar-refractivity contribution is -0.132. The zero-order valence-electron chi connectivity index (χ0n) is 10.7. The van der Waals surface area contributed by atoms with Crippen LogP contribution in [0.5, 0.6) is 0 Å². The van der Waals surface area contributed by atoms with Crippen LogP contribution in [0.3, 0.4) is 0 Å². The van der Waals surface area contributed by atoms with Gasteiger partial charge in [-0.2, -0.15) is 0 Å². The Morgan fingerprint density at radius 1 is 1.47 bits per heavy atom. The van der Waals surface area contributed by atoms with Crippen LogP contribution in [-0.2, 0) is 4.79 Å². The van der Waals surface area contributed by atoms with E-state index in [1.165, 1.54) is 0 Å². The molecule has 2 unspecified atom stereocenters. The van der Waals surface area contributed by atoms with Crippen LogP contribution in [0.2, 0.25) is 0 Å². The van der Waals surface area contributed by atoms with Gasteiger partial charge >= 0.3 is 0 Å². The fourth-order valence-corrected chi connectivity index (χ4v) is 2.79. The average Bonchev–Trinajstić information content (AvgIpc) is 2.88. The molecule has 19 heavy (non-hydrogen) atoms. The molecule has 1 aliphatic heterocycles. The summed E-state index contributed by atoms with van der Waals surface area (Å²) in [6.45, 7) is 0.653. The van der Waals surface area contributed by atoms with E-state index < -0.39 is 5.92 Å². The summed E-state index contributed by atoms with van der Waals surface area (Å²) >= 11 is 5.05. The Bertz CT molecular complexity index is 464. The minimum Gasteiger partial charge on any atom is -0.394 e. The maximum Gasteiger partial charge on any atom is 0.237 e. The number of hydrogen-bond acceptors (Lipinski definition) is 3. The SMILES string of the molecule is NC(=S)C(C(=O)N1CCCC1CO)c1ccccc1. The minimum atomic E-state index is -0.594. The summed E-state index contributed by atoms with van der Waals surface area (Å²) in [5.41, 5.74) is 6.55. The monoisotopic (exact) mass is 278 g/mol. The molecule has 1 aliphatic rings. The van der Waals surface area contributed by atoms with Crippen molar-refractivity contribution in [2.24, 2.45) is 5.73 Å². The van der Waals surface area contributed by atoms with Gasteiger partial charge < -0.3 is 15.7 Å². The van der Waals surface area contributed by atoms with Crippen LogP contribution in [-0.4, -0.2) is 40.1 Å². The number of nitrogens with two attached hydrogens (primary N) is 1. The molecule has 2 atom stereocenters. The van der Waals surface area contributed by atoms with Gasteiger partial charge in [-0.15, -0.1) is 0 Å². The summed E-state index contributed by atoms with van der Waals surface area (Å²) in [4.78, 5) is 14.5. The molecule has 1 aromatic rings. The number of carbonyl (C=O) groups is 1. The number of carbonyl (C=O) groups excluding carboxylic acids is 1. The Morgan fingerprint density at radius 2 is 2.16 bits per heavy atom. The number of aliphatic hydroxyl groups is 1. The lowest BCUT2D eigenvalue weighted by atomic mass is 9.97. The number of rotatable bonds is 4. The molecule has 3 N–H and O–H groups in total. The smallest absolute Gasteiger partial charge is 0.237 e. The Balaban J connectivity index is 2.25. The molecular formula is C14H18N2O2S. The predicted octanol–water partition coefficient (Wildman–Crippen LogP) is 1.04. The second-order valence-corrected chi connectivity index (χ2v) is 5.23. The number of aliphatic hydroxyl groups excluding tert-OH is 1. The Labute approximate surface area is 118 Å². The molecule has 5 heteroatoms. The number of likely N-dealkylation sites (tertiary alicyclic amines) is 1. The number of hydrogen-bond donors (Lipinski definition) is 2. The fourth-order valence-electron chi connectivity index (χ4n) is 2.56. The van der Waals surface area contributed by atoms with Crippen molar-refractivity contribution < 1.29 is 9.90 Å². The first-order valence-electron chi connectivity index (χ1n) is 6.40. The van der Waals surface area contributed by atoms with Crippen molar-refractivity contribution in [2.75, 3.05) is 13.2 Å². The minimum absolute atomic E-state index is 0.00934. The summed E-state index contributed by atoms with van der Waals surface area (Å²) in [6, 6.07) is 9.21. The van der Waals surface area contributed by atoms with Gasteiger partial charge in [0.1, 0.15) is 5.92 Å². The molecule has 0 aromatic heterocycles. The Hall–Kier alpha value is -1.46. The second kappa shape index (κ2) is 6.12. The van der Waals surface area contributed by atoms with Crippen LogP contribution in [0.4, 0.5) is 0 Å². The van der Waals surface area contributed by atoms with Crippen molar-refractivity contribution in [2.45, 2.75) is 24.8 Å². The van der Waals surface area contributed by atoms with Gasteiger partial charge in [-0.1, -0.05) is 42.5 Å². The van der Waals surface area contributed by atoms with Crippen molar-refractivity contribution in [3.8, 4) is 0 Å². The highest BCUT2D eigenvalue weighted by Crippen LogP contribution is 2.25. The number of amides is 1. The van der Waals surface area contributed by atoms with E-state index in [1.807, 2.05) is 30.3 Å². The van der Waals surface area contributed by atoms with E-state index in [2.05, 4.69) is 0 Å². The van der Waals surface area contributed by atoms with Gasteiger partial charge in [-0.05, 0) is 18.4 Å². The molecule has 4 nitrogen and oxygen atoms in total. The van der Waals surface area contributed by atoms with Crippen molar-refractivity contribution in [3.05, 3.63) is 35.9 Å². The summed E-state index contributed by atoms with van der Waals surface area (Å²) in [5, 5.41) is 9.32. The molecule has 0 spiro atoms. The average molecular weight is 278 g/mol. The van der Waals surface area contributed by atoms with Gasteiger partial charge in [0.25, 0.3) is 0 Å². The van der Waals surface area contributed by atoms with Crippen molar-refractivity contribution in [3.63, 3.8) is 0 Å². The summed E-state index contributed by atoms with van der Waals surface area (Å²) in [6.07, 6.45) is 1.75. The third-order valence-corrected chi connectivity index (χ3v) is 3.77. The molecule has 0 bridgehead atoms. The van der Waals surface area contributed by atoms with Crippen LogP contribution >= 0.6 is 12.2 Å². The van der Waals surface area contributed by atoms with Crippen molar-refractivity contribution in [1.82, 2.24) is 4.90 Å². The van der Waals surface area contributed by atoms with Gasteiger partial charge in [0.2, 0.25) is 5.91 Å². The Kier molecular flexibility index (Phi) is 4.50. The second-order valence-electron chi connectivity index (χ2n) is 4.76. The van der Waals surface area contributed by atoms with Crippen LogP contribution in [0.1, 0.15) is 24.3 Å². The molecule has 1 amide bonds. The molecular weight excluding hydrogens is 260 g/mol. The highest BCUT2D eigenvalue weighted by atomic mass is 32.1. The maximum atomic E-state index is 12.6. The van der Waals surface area contributed by atoms with E-state index in [0.717, 1.165) is 18.4 Å². The van der Waals surface area contributed by atoms with E-state index >= 15 is 0 Å². The Morgan fingerprint density at radius 3 is 2.74 bits per heavy atom. The maximum absolute atomic E-state index is 12.6. The summed E-state index contributed by atoms with van der Waals surface area (Å²) < 4.78 is 0. The van der Waals surface area contributed by atoms with Gasteiger partial charge in [-0.25, -0.2) is 0 Å². The number of benzene rings is 1. The zero-order chi connectivity index (χ0) is 13.8. The van der Waals surface area contributed by atoms with Gasteiger partial charge in [0.15, 0.2) is 0 Å². The normalized spacial score (nSPS) is 20.3. The number of nitrogens with zero attached hydrogens (tertiary/aromatic N) is 1. The molecule has 2 rings (SSSR count). The van der Waals surface area contributed by atoms with E-state index in [-0.39, 0.29) is 23.5 Å². The van der Waals surface area contributed by atoms with Crippen LogP contribution in [0.15, 0.2) is 30.3 Å². The highest BCUT2D eigenvalue weighted by molar-refractivity contribution is 7.80. The summed E-state index contributed by atoms with van der Waals surface area (Å²) in [5.74, 6) is -0.696. The van der Waals surface area contributed by atoms with Crippen LogP contribution in [0.25, 0.3) is 0 Å². The lowest BCUT2D eigenvalue weighted by Gasteiger charge is -2.27. The first-order chi connectivity index (χ1) is 9.15. The quantitative estimate of drug-likeness (QED) is 0.808. The third-order valence-electron chi connectivity index (χ3n) is 3.54. The lowest BCUT2D eigenvalue weighted by Crippen LogP contribution is -2.43. The van der Waals surface area contributed by atoms with Crippen molar-refractivity contribution >= 4 is 23.1 Å². The molecule has 1 aromatic carbocycles. The van der Waals surface area contributed by atoms with E-state index in [0.29, 0.717) is 6.54 Å². The highest BCUT2D eigenvalue weighted by Gasteiger charge is 2.34. The van der Waals surface area contributed by atoms with E-state index in [9.17, 15) is 9.90 Å². The zero-order valence-corrected chi connectivity index (χ0v) is 11.5. The molecule has 0 saturated carbocycles. The first kappa shape index (κ1) is 14.0. The third kappa shape index (κ3) is 2.93. The van der Waals surface area contributed by atoms with Crippen LogP contribution < -0.4 is 5.73 Å². The molecule has 102 valence electrons. The number of thiocarbonyl (C=S) groups is 1. The molecule has 1 heterocycles. The van der Waals surface area contributed by atoms with Crippen LogP contribution in [0, 0.1) is 0 Å².